The van der Waals surface area contributed by atoms with E-state index in [0.29, 0.717) is 0 Å². The Hall–Kier alpha value is -1.42. The van der Waals surface area contributed by atoms with E-state index in [0.717, 1.165) is 24.9 Å². The monoisotopic (exact) mass is 233 g/mol. The third-order valence-corrected chi connectivity index (χ3v) is 3.17. The quantitative estimate of drug-likeness (QED) is 0.829. The molecular weight excluding hydrogens is 214 g/mol. The number of rotatable bonds is 3. The zero-order valence-corrected chi connectivity index (χ0v) is 10.1. The van der Waals surface area contributed by atoms with Crippen molar-refractivity contribution in [1.29, 1.82) is 0 Å². The predicted molar refractivity (Wildman–Crippen MR) is 66.4 cm³/mol. The average Bonchev–Trinajstić information content (AvgIpc) is 2.40. The molecule has 0 bridgehead atoms. The molecule has 0 aromatic carbocycles. The lowest BCUT2D eigenvalue weighted by Gasteiger charge is -2.24. The molecule has 2 N–H and O–H groups in total. The van der Waals surface area contributed by atoms with E-state index in [-0.39, 0.29) is 18.0 Å². The Morgan fingerprint density at radius 2 is 2.47 bits per heavy atom. The minimum absolute atomic E-state index is 0.0138. The Balaban J connectivity index is 1.89. The molecule has 0 radical (unpaired) electrons. The Kier molecular flexibility index (Phi) is 4.09. The van der Waals surface area contributed by atoms with Crippen LogP contribution in [0.15, 0.2) is 24.5 Å². The van der Waals surface area contributed by atoms with Gasteiger partial charge >= 0.3 is 0 Å². The molecule has 2 rings (SSSR count). The second-order valence-electron chi connectivity index (χ2n) is 4.52. The van der Waals surface area contributed by atoms with Crippen molar-refractivity contribution in [3.05, 3.63) is 30.1 Å². The van der Waals surface area contributed by atoms with Crippen LogP contribution in [0, 0.1) is 0 Å². The molecule has 2 atom stereocenters. The van der Waals surface area contributed by atoms with Gasteiger partial charge in [0.25, 0.3) is 0 Å². The van der Waals surface area contributed by atoms with Gasteiger partial charge in [-0.05, 0) is 37.9 Å². The van der Waals surface area contributed by atoms with Crippen molar-refractivity contribution in [2.45, 2.75) is 38.3 Å². The molecule has 1 amide bonds. The number of nitrogens with zero attached hydrogens (tertiary/aromatic N) is 1. The second-order valence-corrected chi connectivity index (χ2v) is 4.52. The lowest BCUT2D eigenvalue weighted by molar-refractivity contribution is -0.124. The fourth-order valence-electron chi connectivity index (χ4n) is 2.11. The van der Waals surface area contributed by atoms with Gasteiger partial charge in [-0.25, -0.2) is 0 Å². The van der Waals surface area contributed by atoms with Gasteiger partial charge in [-0.15, -0.1) is 0 Å². The summed E-state index contributed by atoms with van der Waals surface area (Å²) in [6, 6.07) is 3.85. The molecule has 17 heavy (non-hydrogen) atoms. The highest BCUT2D eigenvalue weighted by atomic mass is 16.2. The van der Waals surface area contributed by atoms with Crippen molar-refractivity contribution in [2.24, 2.45) is 0 Å². The molecule has 1 aliphatic heterocycles. The van der Waals surface area contributed by atoms with Crippen LogP contribution in [-0.2, 0) is 4.79 Å². The maximum Gasteiger partial charge on any atom is 0.237 e. The van der Waals surface area contributed by atoms with Crippen LogP contribution < -0.4 is 10.6 Å². The number of hydrogen-bond donors (Lipinski definition) is 2. The number of pyridine rings is 1. The predicted octanol–water partition coefficient (Wildman–Crippen LogP) is 1.40. The number of carbonyl (C=O) groups excluding carboxylic acids is 1. The molecule has 1 fully saturated rings. The second kappa shape index (κ2) is 5.77. The average molecular weight is 233 g/mol. The first kappa shape index (κ1) is 12.0. The van der Waals surface area contributed by atoms with Gasteiger partial charge < -0.3 is 10.6 Å². The van der Waals surface area contributed by atoms with E-state index in [1.807, 2.05) is 19.1 Å². The van der Waals surface area contributed by atoms with Crippen LogP contribution in [0.5, 0.6) is 0 Å². The van der Waals surface area contributed by atoms with Crippen LogP contribution in [0.1, 0.15) is 37.8 Å². The maximum atomic E-state index is 12.0. The fraction of sp³-hybridized carbons (Fsp3) is 0.538. The number of aromatic nitrogens is 1. The first-order valence-electron chi connectivity index (χ1n) is 6.21. The molecule has 0 spiro atoms. The largest absolute Gasteiger partial charge is 0.348 e. The summed E-state index contributed by atoms with van der Waals surface area (Å²) < 4.78 is 0. The molecule has 1 saturated heterocycles. The first-order valence-corrected chi connectivity index (χ1v) is 6.21. The lowest BCUT2D eigenvalue weighted by Crippen LogP contribution is -2.47. The standard InChI is InChI=1S/C13H19N3O/c1-10(11-5-4-7-14-9-11)16-13(17)12-6-2-3-8-15-12/h4-5,7,9-10,12,15H,2-3,6,8H2,1H3,(H,16,17)/t10-,12-/m0/s1. The van der Waals surface area contributed by atoms with Gasteiger partial charge in [0.2, 0.25) is 5.91 Å². The van der Waals surface area contributed by atoms with Crippen molar-refractivity contribution in [3.8, 4) is 0 Å². The Morgan fingerprint density at radius 3 is 3.12 bits per heavy atom. The highest BCUT2D eigenvalue weighted by Crippen LogP contribution is 2.12. The molecule has 92 valence electrons. The minimum atomic E-state index is -0.0251. The Labute approximate surface area is 102 Å². The van der Waals surface area contributed by atoms with Gasteiger partial charge in [-0.1, -0.05) is 12.5 Å². The summed E-state index contributed by atoms with van der Waals surface area (Å²) in [6.45, 7) is 2.93. The summed E-state index contributed by atoms with van der Waals surface area (Å²) in [5.41, 5.74) is 1.04. The normalized spacial score (nSPS) is 21.8. The van der Waals surface area contributed by atoms with Gasteiger partial charge in [0.05, 0.1) is 12.1 Å². The van der Waals surface area contributed by atoms with E-state index in [1.54, 1.807) is 12.4 Å². The van der Waals surface area contributed by atoms with Gasteiger partial charge in [-0.2, -0.15) is 0 Å². The number of piperidine rings is 1. The summed E-state index contributed by atoms with van der Waals surface area (Å²) in [5.74, 6) is 0.0982. The van der Waals surface area contributed by atoms with E-state index >= 15 is 0 Å². The topological polar surface area (TPSA) is 54.0 Å². The van der Waals surface area contributed by atoms with Crippen LogP contribution in [0.2, 0.25) is 0 Å². The fourth-order valence-corrected chi connectivity index (χ4v) is 2.11. The molecule has 2 heterocycles. The van der Waals surface area contributed by atoms with E-state index in [1.165, 1.54) is 6.42 Å². The highest BCUT2D eigenvalue weighted by molar-refractivity contribution is 5.82. The number of carbonyl (C=O) groups is 1. The number of amides is 1. The molecule has 0 unspecified atom stereocenters. The number of nitrogens with one attached hydrogen (secondary N) is 2. The highest BCUT2D eigenvalue weighted by Gasteiger charge is 2.21. The van der Waals surface area contributed by atoms with Crippen molar-refractivity contribution in [3.63, 3.8) is 0 Å². The van der Waals surface area contributed by atoms with Crippen LogP contribution in [0.3, 0.4) is 0 Å². The van der Waals surface area contributed by atoms with E-state index < -0.39 is 0 Å². The van der Waals surface area contributed by atoms with Crippen LogP contribution in [0.25, 0.3) is 0 Å². The van der Waals surface area contributed by atoms with E-state index in [4.69, 9.17) is 0 Å². The maximum absolute atomic E-state index is 12.0. The Bertz CT molecular complexity index is 360. The van der Waals surface area contributed by atoms with Gasteiger partial charge in [0.1, 0.15) is 0 Å². The number of hydrogen-bond acceptors (Lipinski definition) is 3. The Morgan fingerprint density at radius 1 is 1.59 bits per heavy atom. The van der Waals surface area contributed by atoms with Gasteiger partial charge in [-0.3, -0.25) is 9.78 Å². The van der Waals surface area contributed by atoms with Crippen molar-refractivity contribution >= 4 is 5.91 Å². The van der Waals surface area contributed by atoms with Crippen LogP contribution >= 0.6 is 0 Å². The van der Waals surface area contributed by atoms with E-state index in [9.17, 15) is 4.79 Å². The smallest absolute Gasteiger partial charge is 0.237 e. The van der Waals surface area contributed by atoms with Crippen molar-refractivity contribution < 1.29 is 4.79 Å². The van der Waals surface area contributed by atoms with Gasteiger partial charge in [0.15, 0.2) is 0 Å². The van der Waals surface area contributed by atoms with Gasteiger partial charge in [0, 0.05) is 12.4 Å². The summed E-state index contributed by atoms with van der Waals surface area (Å²) in [4.78, 5) is 16.0. The van der Waals surface area contributed by atoms with Crippen molar-refractivity contribution in [2.75, 3.05) is 6.54 Å². The zero-order chi connectivity index (χ0) is 12.1. The summed E-state index contributed by atoms with van der Waals surface area (Å²) in [5, 5.41) is 6.27. The third kappa shape index (κ3) is 3.27. The SMILES string of the molecule is C[C@H](NC(=O)[C@@H]1CCCCN1)c1cccnc1. The molecule has 0 saturated carbocycles. The summed E-state index contributed by atoms with van der Waals surface area (Å²) >= 11 is 0. The van der Waals surface area contributed by atoms with Crippen molar-refractivity contribution in [1.82, 2.24) is 15.6 Å². The summed E-state index contributed by atoms with van der Waals surface area (Å²) in [6.07, 6.45) is 6.76. The van der Waals surface area contributed by atoms with Crippen LogP contribution in [0.4, 0.5) is 0 Å². The molecule has 1 aromatic heterocycles. The minimum Gasteiger partial charge on any atom is -0.348 e. The van der Waals surface area contributed by atoms with Crippen LogP contribution in [-0.4, -0.2) is 23.5 Å². The molecule has 1 aliphatic rings. The molecular formula is C13H19N3O. The lowest BCUT2D eigenvalue weighted by atomic mass is 10.0. The van der Waals surface area contributed by atoms with E-state index in [2.05, 4.69) is 15.6 Å². The molecule has 4 heteroatoms. The third-order valence-electron chi connectivity index (χ3n) is 3.17. The molecule has 4 nitrogen and oxygen atoms in total. The molecule has 1 aromatic rings. The summed E-state index contributed by atoms with van der Waals surface area (Å²) in [7, 11) is 0. The zero-order valence-electron chi connectivity index (χ0n) is 10.1. The first-order chi connectivity index (χ1) is 8.27. The molecule has 0 aliphatic carbocycles.